The predicted octanol–water partition coefficient (Wildman–Crippen LogP) is 6.41. The lowest BCUT2D eigenvalue weighted by Crippen LogP contribution is -2.45. The molecule has 1 fully saturated rings. The van der Waals surface area contributed by atoms with Gasteiger partial charge in [-0.2, -0.15) is 16.7 Å². The fraction of sp³-hybridized carbons (Fsp3) is 0.409. The van der Waals surface area contributed by atoms with Crippen molar-refractivity contribution in [1.29, 1.82) is 0 Å². The van der Waals surface area contributed by atoms with Gasteiger partial charge in [0.05, 0.1) is 15.7 Å². The van der Waals surface area contributed by atoms with E-state index in [9.17, 15) is 4.79 Å². The number of ether oxygens (including phenoxy) is 1. The zero-order valence-corrected chi connectivity index (χ0v) is 21.0. The maximum atomic E-state index is 12.6. The van der Waals surface area contributed by atoms with E-state index in [1.54, 1.807) is 11.1 Å². The van der Waals surface area contributed by atoms with Crippen LogP contribution in [0.25, 0.3) is 22.3 Å². The first-order valence-electron chi connectivity index (χ1n) is 10.2. The van der Waals surface area contributed by atoms with Crippen LogP contribution in [0.3, 0.4) is 0 Å². The van der Waals surface area contributed by atoms with E-state index in [1.165, 1.54) is 0 Å². The molecule has 1 unspecified atom stereocenters. The Labute approximate surface area is 206 Å². The third-order valence-corrected chi connectivity index (χ3v) is 7.00. The summed E-state index contributed by atoms with van der Waals surface area (Å²) in [4.78, 5) is 23.0. The van der Waals surface area contributed by atoms with Gasteiger partial charge in [0.15, 0.2) is 0 Å². The quantitative estimate of drug-likeness (QED) is 0.379. The second-order valence-electron chi connectivity index (χ2n) is 8.57. The molecule has 0 N–H and O–H groups in total. The Morgan fingerprint density at radius 2 is 1.97 bits per heavy atom. The van der Waals surface area contributed by atoms with Crippen LogP contribution in [0.15, 0.2) is 30.5 Å². The van der Waals surface area contributed by atoms with Crippen molar-refractivity contribution in [3.8, 4) is 11.3 Å². The molecule has 1 amide bonds. The lowest BCUT2D eigenvalue weighted by molar-refractivity contribution is 0.0255. The summed E-state index contributed by atoms with van der Waals surface area (Å²) >= 11 is 21.0. The number of aromatic nitrogens is 3. The van der Waals surface area contributed by atoms with Crippen molar-refractivity contribution >= 4 is 63.7 Å². The van der Waals surface area contributed by atoms with Gasteiger partial charge < -0.3 is 14.2 Å². The highest BCUT2D eigenvalue weighted by molar-refractivity contribution is 8.00. The first kappa shape index (κ1) is 23.5. The molecule has 0 spiro atoms. The van der Waals surface area contributed by atoms with Crippen molar-refractivity contribution < 1.29 is 9.53 Å². The molecule has 1 aliphatic rings. The van der Waals surface area contributed by atoms with Crippen LogP contribution >= 0.6 is 46.6 Å². The maximum absolute atomic E-state index is 12.6. The van der Waals surface area contributed by atoms with Crippen molar-refractivity contribution in [3.63, 3.8) is 0 Å². The van der Waals surface area contributed by atoms with Crippen LogP contribution in [-0.2, 0) is 11.3 Å². The lowest BCUT2D eigenvalue weighted by atomic mass is 10.1. The van der Waals surface area contributed by atoms with E-state index in [0.717, 1.165) is 22.4 Å². The molecule has 1 saturated heterocycles. The number of carbonyl (C=O) groups is 1. The van der Waals surface area contributed by atoms with Crippen LogP contribution in [0.1, 0.15) is 20.8 Å². The largest absolute Gasteiger partial charge is 0.444 e. The van der Waals surface area contributed by atoms with Crippen LogP contribution < -0.4 is 0 Å². The van der Waals surface area contributed by atoms with Gasteiger partial charge in [0, 0.05) is 47.8 Å². The van der Waals surface area contributed by atoms with E-state index in [4.69, 9.17) is 39.5 Å². The highest BCUT2D eigenvalue weighted by Gasteiger charge is 2.29. The SMILES string of the molecule is CC(C)(C)OC(=O)N1CCSC(Cn2c(-c3c(Cl)cccc3Cl)cc3cnc(Cl)nc32)C1. The molecule has 6 nitrogen and oxygen atoms in total. The smallest absolute Gasteiger partial charge is 0.410 e. The first-order valence-corrected chi connectivity index (χ1v) is 12.4. The third kappa shape index (κ3) is 5.11. The summed E-state index contributed by atoms with van der Waals surface area (Å²) in [7, 11) is 0. The fourth-order valence-corrected chi connectivity index (χ4v) is 5.60. The average Bonchev–Trinajstić information content (AvgIpc) is 3.04. The first-order chi connectivity index (χ1) is 15.1. The van der Waals surface area contributed by atoms with Crippen LogP contribution in [0.2, 0.25) is 15.3 Å². The van der Waals surface area contributed by atoms with Crippen molar-refractivity contribution in [3.05, 3.63) is 45.8 Å². The summed E-state index contributed by atoms with van der Waals surface area (Å²) in [5.41, 5.74) is 1.73. The number of halogens is 3. The number of benzene rings is 1. The molecule has 0 aliphatic carbocycles. The van der Waals surface area contributed by atoms with Gasteiger partial charge in [-0.1, -0.05) is 29.3 Å². The molecule has 4 rings (SSSR count). The summed E-state index contributed by atoms with van der Waals surface area (Å²) in [6.45, 7) is 7.42. The summed E-state index contributed by atoms with van der Waals surface area (Å²) in [6.07, 6.45) is 1.40. The van der Waals surface area contributed by atoms with Gasteiger partial charge in [-0.25, -0.2) is 9.78 Å². The second-order valence-corrected chi connectivity index (χ2v) is 11.1. The van der Waals surface area contributed by atoms with Crippen LogP contribution in [0.5, 0.6) is 0 Å². The van der Waals surface area contributed by atoms with E-state index in [0.29, 0.717) is 35.3 Å². The molecule has 3 aromatic rings. The highest BCUT2D eigenvalue weighted by atomic mass is 35.5. The second kappa shape index (κ2) is 9.29. The van der Waals surface area contributed by atoms with E-state index in [-0.39, 0.29) is 16.6 Å². The van der Waals surface area contributed by atoms with Crippen LogP contribution in [-0.4, -0.2) is 55.2 Å². The molecule has 10 heteroatoms. The Balaban J connectivity index is 1.69. The Morgan fingerprint density at radius 1 is 1.25 bits per heavy atom. The summed E-state index contributed by atoms with van der Waals surface area (Å²) in [5.74, 6) is 0.820. The number of nitrogens with zero attached hydrogens (tertiary/aromatic N) is 4. The molecule has 32 heavy (non-hydrogen) atoms. The molecule has 1 aliphatic heterocycles. The van der Waals surface area contributed by atoms with E-state index >= 15 is 0 Å². The number of rotatable bonds is 3. The van der Waals surface area contributed by atoms with Crippen LogP contribution in [0, 0.1) is 0 Å². The minimum absolute atomic E-state index is 0.126. The van der Waals surface area contributed by atoms with Gasteiger partial charge in [-0.15, -0.1) is 0 Å². The van der Waals surface area contributed by atoms with Crippen molar-refractivity contribution in [1.82, 2.24) is 19.4 Å². The summed E-state index contributed by atoms with van der Waals surface area (Å²) in [5, 5.41) is 2.23. The molecule has 1 atom stereocenters. The molecule has 3 heterocycles. The molecular formula is C22H23Cl3N4O2S. The van der Waals surface area contributed by atoms with Crippen molar-refractivity contribution in [2.24, 2.45) is 0 Å². The number of carbonyl (C=O) groups excluding carboxylic acids is 1. The molecule has 0 bridgehead atoms. The Kier molecular flexibility index (Phi) is 6.82. The van der Waals surface area contributed by atoms with Gasteiger partial charge >= 0.3 is 6.09 Å². The lowest BCUT2D eigenvalue weighted by Gasteiger charge is -2.34. The van der Waals surface area contributed by atoms with Crippen molar-refractivity contribution in [2.75, 3.05) is 18.8 Å². The summed E-state index contributed by atoms with van der Waals surface area (Å²) in [6, 6.07) is 7.40. The average molecular weight is 514 g/mol. The monoisotopic (exact) mass is 512 g/mol. The van der Waals surface area contributed by atoms with E-state index in [1.807, 2.05) is 56.8 Å². The predicted molar refractivity (Wildman–Crippen MR) is 132 cm³/mol. The number of hydrogen-bond donors (Lipinski definition) is 0. The topological polar surface area (TPSA) is 60.2 Å². The molecule has 0 saturated carbocycles. The third-order valence-electron chi connectivity index (χ3n) is 5.00. The highest BCUT2D eigenvalue weighted by Crippen LogP contribution is 2.38. The standard InChI is InChI=1S/C22H23Cl3N4O2S/c1-22(2,3)31-21(30)28-7-8-32-14(11-28)12-29-17(18-15(23)5-4-6-16(18)24)9-13-10-26-20(25)27-19(13)29/h4-6,9-10,14H,7-8,11-12H2,1-3H3. The molecule has 1 aromatic carbocycles. The number of amides is 1. The normalized spacial score (nSPS) is 17.1. The van der Waals surface area contributed by atoms with E-state index < -0.39 is 5.60 Å². The number of fused-ring (bicyclic) bond motifs is 1. The minimum Gasteiger partial charge on any atom is -0.444 e. The van der Waals surface area contributed by atoms with Gasteiger partial charge in [0.2, 0.25) is 5.28 Å². The van der Waals surface area contributed by atoms with Crippen molar-refractivity contribution in [2.45, 2.75) is 38.2 Å². The Morgan fingerprint density at radius 3 is 2.66 bits per heavy atom. The maximum Gasteiger partial charge on any atom is 0.410 e. The van der Waals surface area contributed by atoms with Crippen LogP contribution in [0.4, 0.5) is 4.79 Å². The van der Waals surface area contributed by atoms with E-state index in [2.05, 4.69) is 14.5 Å². The Bertz CT molecular complexity index is 1140. The molecule has 170 valence electrons. The number of hydrogen-bond acceptors (Lipinski definition) is 5. The fourth-order valence-electron chi connectivity index (χ4n) is 3.68. The van der Waals surface area contributed by atoms with Gasteiger partial charge in [0.25, 0.3) is 0 Å². The summed E-state index contributed by atoms with van der Waals surface area (Å²) < 4.78 is 7.63. The number of thioether (sulfide) groups is 1. The molecule has 2 aromatic heterocycles. The van der Waals surface area contributed by atoms with Gasteiger partial charge in [-0.05, 0) is 50.6 Å². The Hall–Kier alpha value is -1.67. The zero-order chi connectivity index (χ0) is 23.0. The minimum atomic E-state index is -0.532. The molecular weight excluding hydrogens is 491 g/mol. The zero-order valence-electron chi connectivity index (χ0n) is 17.9. The van der Waals surface area contributed by atoms with Gasteiger partial charge in [0.1, 0.15) is 11.2 Å². The van der Waals surface area contributed by atoms with Gasteiger partial charge in [-0.3, -0.25) is 0 Å². The molecule has 0 radical (unpaired) electrons.